The molecule has 2 aromatic carbocycles. The highest BCUT2D eigenvalue weighted by Crippen LogP contribution is 2.23. The van der Waals surface area contributed by atoms with Crippen molar-refractivity contribution in [1.29, 1.82) is 0 Å². The van der Waals surface area contributed by atoms with Gasteiger partial charge in [0.2, 0.25) is 10.0 Å². The van der Waals surface area contributed by atoms with E-state index < -0.39 is 15.8 Å². The third kappa shape index (κ3) is 5.17. The Hall–Kier alpha value is -2.12. The van der Waals surface area contributed by atoms with Gasteiger partial charge in [0.05, 0.1) is 11.9 Å². The summed E-state index contributed by atoms with van der Waals surface area (Å²) in [5.74, 6) is -0.590. The molecule has 1 atom stereocenters. The highest BCUT2D eigenvalue weighted by atomic mass is 32.2. The van der Waals surface area contributed by atoms with Crippen molar-refractivity contribution in [2.24, 2.45) is 0 Å². The van der Waals surface area contributed by atoms with Crippen LogP contribution in [0.4, 0.5) is 15.8 Å². The molecule has 5 nitrogen and oxygen atoms in total. The normalized spacial score (nSPS) is 18.2. The van der Waals surface area contributed by atoms with Crippen LogP contribution in [0.15, 0.2) is 48.5 Å². The first-order valence-electron chi connectivity index (χ1n) is 8.19. The number of rotatable bonds is 6. The molecule has 1 aliphatic heterocycles. The molecule has 0 aromatic heterocycles. The molecule has 0 aliphatic carbocycles. The van der Waals surface area contributed by atoms with Crippen molar-refractivity contribution in [3.05, 3.63) is 59.9 Å². The second kappa shape index (κ2) is 7.41. The highest BCUT2D eigenvalue weighted by molar-refractivity contribution is 7.92. The van der Waals surface area contributed by atoms with Crippen LogP contribution in [0.5, 0.6) is 0 Å². The molecule has 0 saturated carbocycles. The lowest BCUT2D eigenvalue weighted by Gasteiger charge is -2.18. The van der Waals surface area contributed by atoms with Gasteiger partial charge in [-0.2, -0.15) is 0 Å². The first-order chi connectivity index (χ1) is 11.9. The van der Waals surface area contributed by atoms with Gasteiger partial charge in [0.15, 0.2) is 0 Å². The van der Waals surface area contributed by atoms with Crippen molar-refractivity contribution in [3.63, 3.8) is 0 Å². The minimum absolute atomic E-state index is 0.0355. The van der Waals surface area contributed by atoms with Crippen molar-refractivity contribution < 1.29 is 12.8 Å². The maximum Gasteiger partial charge on any atom is 0.229 e. The predicted octanol–water partition coefficient (Wildman–Crippen LogP) is 2.88. The molecule has 25 heavy (non-hydrogen) atoms. The predicted molar refractivity (Wildman–Crippen MR) is 98.6 cm³/mol. The summed E-state index contributed by atoms with van der Waals surface area (Å²) in [6.07, 6.45) is 1.99. The molecule has 134 valence electrons. The molecule has 1 aliphatic rings. The zero-order valence-corrected chi connectivity index (χ0v) is 14.9. The Morgan fingerprint density at radius 1 is 1.20 bits per heavy atom. The Bertz CT molecular complexity index is 827. The minimum atomic E-state index is -3.51. The third-order valence-corrected chi connectivity index (χ3v) is 4.74. The standard InChI is InChI=1S/C18H22FN3O2S/c1-25(23,24)21-18-11-15(7-8-17(18)19)20-16-9-10-22(13-16)12-14-5-3-2-4-6-14/h2-8,11,16,20-21H,9-10,12-13H2,1H3. The van der Waals surface area contributed by atoms with E-state index in [0.717, 1.165) is 32.3 Å². The van der Waals surface area contributed by atoms with Gasteiger partial charge in [-0.25, -0.2) is 12.8 Å². The number of sulfonamides is 1. The SMILES string of the molecule is CS(=O)(=O)Nc1cc(NC2CCN(Cc3ccccc3)C2)ccc1F. The molecule has 2 aromatic rings. The molecule has 0 spiro atoms. The maximum absolute atomic E-state index is 13.8. The number of likely N-dealkylation sites (tertiary alicyclic amines) is 1. The molecule has 0 bridgehead atoms. The average Bonchev–Trinajstić information content (AvgIpc) is 2.97. The van der Waals surface area contributed by atoms with Gasteiger partial charge in [0, 0.05) is 31.4 Å². The van der Waals surface area contributed by atoms with Crippen LogP contribution in [0.1, 0.15) is 12.0 Å². The fourth-order valence-corrected chi connectivity index (χ4v) is 3.62. The third-order valence-electron chi connectivity index (χ3n) is 4.15. The van der Waals surface area contributed by atoms with Crippen molar-refractivity contribution in [2.75, 3.05) is 29.4 Å². The second-order valence-electron chi connectivity index (χ2n) is 6.42. The van der Waals surface area contributed by atoms with Crippen LogP contribution >= 0.6 is 0 Å². The maximum atomic E-state index is 13.8. The fourth-order valence-electron chi connectivity index (χ4n) is 3.06. The Balaban J connectivity index is 1.61. The van der Waals surface area contributed by atoms with Crippen molar-refractivity contribution >= 4 is 21.4 Å². The Morgan fingerprint density at radius 3 is 2.68 bits per heavy atom. The van der Waals surface area contributed by atoms with E-state index in [1.54, 1.807) is 6.07 Å². The molecule has 2 N–H and O–H groups in total. The Morgan fingerprint density at radius 2 is 1.96 bits per heavy atom. The zero-order valence-electron chi connectivity index (χ0n) is 14.1. The van der Waals surface area contributed by atoms with E-state index in [0.29, 0.717) is 5.69 Å². The van der Waals surface area contributed by atoms with E-state index in [1.165, 1.54) is 17.7 Å². The average molecular weight is 363 g/mol. The Labute approximate surface area is 147 Å². The highest BCUT2D eigenvalue weighted by Gasteiger charge is 2.22. The van der Waals surface area contributed by atoms with Crippen molar-refractivity contribution in [1.82, 2.24) is 4.90 Å². The summed E-state index contributed by atoms with van der Waals surface area (Å²) < 4.78 is 38.6. The van der Waals surface area contributed by atoms with Gasteiger partial charge < -0.3 is 5.32 Å². The van der Waals surface area contributed by atoms with Crippen molar-refractivity contribution in [3.8, 4) is 0 Å². The van der Waals surface area contributed by atoms with Gasteiger partial charge in [-0.05, 0) is 30.2 Å². The fraction of sp³-hybridized carbons (Fsp3) is 0.333. The Kier molecular flexibility index (Phi) is 5.24. The van der Waals surface area contributed by atoms with Crippen LogP contribution < -0.4 is 10.0 Å². The molecule has 1 unspecified atom stereocenters. The van der Waals surface area contributed by atoms with E-state index in [1.807, 2.05) is 18.2 Å². The summed E-state index contributed by atoms with van der Waals surface area (Å²) in [4.78, 5) is 2.37. The van der Waals surface area contributed by atoms with Gasteiger partial charge >= 0.3 is 0 Å². The van der Waals surface area contributed by atoms with Gasteiger partial charge in [0.25, 0.3) is 0 Å². The van der Waals surface area contributed by atoms with Gasteiger partial charge in [-0.3, -0.25) is 9.62 Å². The quantitative estimate of drug-likeness (QED) is 0.828. The molecule has 1 saturated heterocycles. The monoisotopic (exact) mass is 363 g/mol. The number of benzene rings is 2. The number of halogens is 1. The number of nitrogens with one attached hydrogen (secondary N) is 2. The molecule has 3 rings (SSSR count). The van der Waals surface area contributed by atoms with Gasteiger partial charge in [-0.15, -0.1) is 0 Å². The molecular weight excluding hydrogens is 341 g/mol. The van der Waals surface area contributed by atoms with E-state index >= 15 is 0 Å². The van der Waals surface area contributed by atoms with E-state index in [9.17, 15) is 12.8 Å². The van der Waals surface area contributed by atoms with E-state index in [2.05, 4.69) is 27.1 Å². The van der Waals surface area contributed by atoms with E-state index in [-0.39, 0.29) is 11.7 Å². The zero-order chi connectivity index (χ0) is 17.9. The lowest BCUT2D eigenvalue weighted by Crippen LogP contribution is -2.26. The molecule has 0 radical (unpaired) electrons. The lowest BCUT2D eigenvalue weighted by atomic mass is 10.2. The summed E-state index contributed by atoms with van der Waals surface area (Å²) in [6.45, 7) is 2.78. The summed E-state index contributed by atoms with van der Waals surface area (Å²) >= 11 is 0. The number of anilines is 2. The summed E-state index contributed by atoms with van der Waals surface area (Å²) in [5, 5.41) is 3.37. The van der Waals surface area contributed by atoms with Gasteiger partial charge in [-0.1, -0.05) is 30.3 Å². The topological polar surface area (TPSA) is 61.4 Å². The molecule has 1 heterocycles. The molecule has 1 fully saturated rings. The number of hydrogen-bond donors (Lipinski definition) is 2. The van der Waals surface area contributed by atoms with Gasteiger partial charge in [0.1, 0.15) is 5.82 Å². The smallest absolute Gasteiger partial charge is 0.229 e. The first-order valence-corrected chi connectivity index (χ1v) is 10.1. The van der Waals surface area contributed by atoms with E-state index in [4.69, 9.17) is 0 Å². The number of hydrogen-bond acceptors (Lipinski definition) is 4. The summed E-state index contributed by atoms with van der Waals surface area (Å²) in [6, 6.07) is 15.0. The van der Waals surface area contributed by atoms with Crippen LogP contribution in [-0.4, -0.2) is 38.7 Å². The summed E-state index contributed by atoms with van der Waals surface area (Å²) in [5.41, 5.74) is 1.95. The lowest BCUT2D eigenvalue weighted by molar-refractivity contribution is 0.328. The largest absolute Gasteiger partial charge is 0.381 e. The van der Waals surface area contributed by atoms with Crippen LogP contribution in [0, 0.1) is 5.82 Å². The van der Waals surface area contributed by atoms with Crippen molar-refractivity contribution in [2.45, 2.75) is 19.0 Å². The summed E-state index contributed by atoms with van der Waals surface area (Å²) in [7, 11) is -3.51. The minimum Gasteiger partial charge on any atom is -0.381 e. The van der Waals surface area contributed by atoms with Crippen LogP contribution in [0.2, 0.25) is 0 Å². The second-order valence-corrected chi connectivity index (χ2v) is 8.17. The molecular formula is C18H22FN3O2S. The van der Waals surface area contributed by atoms with Crippen LogP contribution in [0.25, 0.3) is 0 Å². The van der Waals surface area contributed by atoms with Crippen LogP contribution in [0.3, 0.4) is 0 Å². The molecule has 7 heteroatoms. The first kappa shape index (κ1) is 17.7. The molecule has 0 amide bonds. The van der Waals surface area contributed by atoms with Crippen LogP contribution in [-0.2, 0) is 16.6 Å². The number of nitrogens with zero attached hydrogens (tertiary/aromatic N) is 1.